The normalized spacial score (nSPS) is 12.4. The number of carbonyl (C=O) groups excluding carboxylic acids is 2. The first-order valence-corrected chi connectivity index (χ1v) is 11.5. The predicted molar refractivity (Wildman–Crippen MR) is 122 cm³/mol. The van der Waals surface area contributed by atoms with E-state index in [2.05, 4.69) is 14.9 Å². The Hall–Kier alpha value is -2.58. The Labute approximate surface area is 185 Å². The van der Waals surface area contributed by atoms with Crippen molar-refractivity contribution in [2.75, 3.05) is 4.90 Å². The van der Waals surface area contributed by atoms with E-state index in [0.717, 1.165) is 34.0 Å². The first kappa shape index (κ1) is 22.1. The second kappa shape index (κ2) is 9.06. The molecule has 0 aliphatic heterocycles. The molecule has 1 aromatic carbocycles. The van der Waals surface area contributed by atoms with Gasteiger partial charge in [0.15, 0.2) is 11.7 Å². The standard InChI is InChI=1S/C22H26N4O2S2/c1-6-22(4,5)23-20(27)19(18-8-7-9-29-18)26(21(28)17-13-30-25-24-17)16-11-14(2)10-15(3)12-16/h7-13,19H,6H2,1-5H3,(H,23,27)/t19-/m1/s1. The van der Waals surface area contributed by atoms with Crippen LogP contribution in [0.15, 0.2) is 41.1 Å². The number of aryl methyl sites for hydroxylation is 2. The van der Waals surface area contributed by atoms with Crippen LogP contribution in [0.5, 0.6) is 0 Å². The van der Waals surface area contributed by atoms with Crippen LogP contribution in [0.3, 0.4) is 0 Å². The number of aromatic nitrogens is 2. The van der Waals surface area contributed by atoms with Gasteiger partial charge in [0.1, 0.15) is 0 Å². The largest absolute Gasteiger partial charge is 0.349 e. The van der Waals surface area contributed by atoms with Gasteiger partial charge in [-0.25, -0.2) is 0 Å². The fourth-order valence-electron chi connectivity index (χ4n) is 3.17. The molecular weight excluding hydrogens is 416 g/mol. The maximum atomic E-state index is 13.6. The third-order valence-corrected chi connectivity index (χ3v) is 6.38. The molecule has 2 heterocycles. The minimum atomic E-state index is -0.814. The SMILES string of the molecule is CCC(C)(C)NC(=O)[C@@H](c1cccs1)N(C(=O)c1csnn1)c1cc(C)cc(C)c1. The van der Waals surface area contributed by atoms with Crippen molar-refractivity contribution in [3.8, 4) is 0 Å². The molecule has 3 aromatic rings. The van der Waals surface area contributed by atoms with Gasteiger partial charge in [0.25, 0.3) is 5.91 Å². The molecule has 1 N–H and O–H groups in total. The summed E-state index contributed by atoms with van der Waals surface area (Å²) in [4.78, 5) is 29.4. The molecule has 0 saturated heterocycles. The maximum Gasteiger partial charge on any atom is 0.280 e. The number of nitrogens with zero attached hydrogens (tertiary/aromatic N) is 3. The minimum absolute atomic E-state index is 0.222. The van der Waals surface area contributed by atoms with Gasteiger partial charge in [0.05, 0.1) is 0 Å². The van der Waals surface area contributed by atoms with E-state index < -0.39 is 11.6 Å². The average Bonchev–Trinajstić information content (AvgIpc) is 3.38. The quantitative estimate of drug-likeness (QED) is 0.564. The molecule has 0 spiro atoms. The van der Waals surface area contributed by atoms with E-state index in [0.29, 0.717) is 5.69 Å². The first-order chi connectivity index (χ1) is 14.2. The lowest BCUT2D eigenvalue weighted by Gasteiger charge is -2.33. The molecule has 0 fully saturated rings. The Kier molecular flexibility index (Phi) is 6.67. The van der Waals surface area contributed by atoms with Gasteiger partial charge in [0.2, 0.25) is 5.91 Å². The van der Waals surface area contributed by atoms with Gasteiger partial charge < -0.3 is 5.32 Å². The number of rotatable bonds is 7. The number of hydrogen-bond donors (Lipinski definition) is 1. The van der Waals surface area contributed by atoms with Gasteiger partial charge in [-0.3, -0.25) is 14.5 Å². The second-order valence-corrected chi connectivity index (χ2v) is 9.54. The number of nitrogens with one attached hydrogen (secondary N) is 1. The van der Waals surface area contributed by atoms with E-state index >= 15 is 0 Å². The van der Waals surface area contributed by atoms with E-state index in [1.807, 2.05) is 70.3 Å². The molecule has 0 bridgehead atoms. The smallest absolute Gasteiger partial charge is 0.280 e. The number of thiophene rings is 1. The molecule has 2 aromatic heterocycles. The van der Waals surface area contributed by atoms with Crippen molar-refractivity contribution in [1.82, 2.24) is 14.9 Å². The van der Waals surface area contributed by atoms with Crippen LogP contribution in [0, 0.1) is 13.8 Å². The van der Waals surface area contributed by atoms with Gasteiger partial charge in [-0.05, 0) is 80.4 Å². The van der Waals surface area contributed by atoms with E-state index in [4.69, 9.17) is 0 Å². The Balaban J connectivity index is 2.16. The van der Waals surface area contributed by atoms with Crippen molar-refractivity contribution < 1.29 is 9.59 Å². The van der Waals surface area contributed by atoms with Crippen molar-refractivity contribution in [1.29, 1.82) is 0 Å². The van der Waals surface area contributed by atoms with Gasteiger partial charge >= 0.3 is 0 Å². The van der Waals surface area contributed by atoms with Gasteiger partial charge in [0, 0.05) is 21.5 Å². The van der Waals surface area contributed by atoms with Crippen molar-refractivity contribution >= 4 is 40.4 Å². The summed E-state index contributed by atoms with van der Waals surface area (Å²) in [5.41, 5.74) is 2.51. The van der Waals surface area contributed by atoms with Crippen LogP contribution < -0.4 is 10.2 Å². The molecule has 1 atom stereocenters. The van der Waals surface area contributed by atoms with Gasteiger partial charge in [-0.1, -0.05) is 23.5 Å². The highest BCUT2D eigenvalue weighted by atomic mass is 32.1. The summed E-state index contributed by atoms with van der Waals surface area (Å²) < 4.78 is 3.84. The number of anilines is 1. The van der Waals surface area contributed by atoms with Crippen molar-refractivity contribution in [2.45, 2.75) is 52.6 Å². The van der Waals surface area contributed by atoms with Crippen LogP contribution in [0.4, 0.5) is 5.69 Å². The third kappa shape index (κ3) is 4.94. The van der Waals surface area contributed by atoms with E-state index in [-0.39, 0.29) is 17.5 Å². The van der Waals surface area contributed by atoms with Crippen LogP contribution >= 0.6 is 22.9 Å². The summed E-state index contributed by atoms with van der Waals surface area (Å²) >= 11 is 2.56. The van der Waals surface area contributed by atoms with Gasteiger partial charge in [-0.15, -0.1) is 16.4 Å². The van der Waals surface area contributed by atoms with Crippen molar-refractivity contribution in [2.24, 2.45) is 0 Å². The summed E-state index contributed by atoms with van der Waals surface area (Å²) in [6, 6.07) is 8.84. The Morgan fingerprint density at radius 3 is 2.43 bits per heavy atom. The summed E-state index contributed by atoms with van der Waals surface area (Å²) in [6.45, 7) is 9.93. The average molecular weight is 443 g/mol. The molecule has 0 aliphatic rings. The monoisotopic (exact) mass is 442 g/mol. The Bertz CT molecular complexity index is 994. The minimum Gasteiger partial charge on any atom is -0.349 e. The highest BCUT2D eigenvalue weighted by molar-refractivity contribution is 7.10. The fourth-order valence-corrected chi connectivity index (χ4v) is 4.41. The van der Waals surface area contributed by atoms with Crippen LogP contribution in [0.25, 0.3) is 0 Å². The number of amides is 2. The molecule has 0 radical (unpaired) electrons. The summed E-state index contributed by atoms with van der Waals surface area (Å²) in [5, 5.41) is 10.6. The highest BCUT2D eigenvalue weighted by Gasteiger charge is 2.37. The van der Waals surface area contributed by atoms with Crippen LogP contribution in [-0.4, -0.2) is 26.9 Å². The molecule has 2 amide bonds. The first-order valence-electron chi connectivity index (χ1n) is 9.76. The lowest BCUT2D eigenvalue weighted by molar-refractivity contribution is -0.124. The van der Waals surface area contributed by atoms with Crippen molar-refractivity contribution in [3.63, 3.8) is 0 Å². The number of carbonyl (C=O) groups is 2. The molecular formula is C22H26N4O2S2. The Morgan fingerprint density at radius 1 is 1.20 bits per heavy atom. The molecule has 30 heavy (non-hydrogen) atoms. The molecule has 6 nitrogen and oxygen atoms in total. The fraction of sp³-hybridized carbons (Fsp3) is 0.364. The van der Waals surface area contributed by atoms with E-state index in [1.54, 1.807) is 10.3 Å². The summed E-state index contributed by atoms with van der Waals surface area (Å²) in [5.74, 6) is -0.573. The van der Waals surface area contributed by atoms with Crippen LogP contribution in [0.2, 0.25) is 0 Å². The highest BCUT2D eigenvalue weighted by Crippen LogP contribution is 2.33. The zero-order chi connectivity index (χ0) is 21.9. The zero-order valence-corrected chi connectivity index (χ0v) is 19.4. The number of benzene rings is 1. The topological polar surface area (TPSA) is 75.2 Å². The second-order valence-electron chi connectivity index (χ2n) is 7.96. The molecule has 158 valence electrons. The zero-order valence-electron chi connectivity index (χ0n) is 17.8. The van der Waals surface area contributed by atoms with Crippen LogP contribution in [0.1, 0.15) is 59.7 Å². The third-order valence-electron chi connectivity index (χ3n) is 4.95. The lowest BCUT2D eigenvalue weighted by atomic mass is 10.0. The van der Waals surface area contributed by atoms with Crippen LogP contribution in [-0.2, 0) is 4.79 Å². The lowest BCUT2D eigenvalue weighted by Crippen LogP contribution is -2.50. The maximum absolute atomic E-state index is 13.6. The van der Waals surface area contributed by atoms with E-state index in [9.17, 15) is 9.59 Å². The summed E-state index contributed by atoms with van der Waals surface area (Å²) in [7, 11) is 0. The predicted octanol–water partition coefficient (Wildman–Crippen LogP) is 4.91. The van der Waals surface area contributed by atoms with E-state index in [1.165, 1.54) is 11.3 Å². The molecule has 0 saturated carbocycles. The van der Waals surface area contributed by atoms with Crippen molar-refractivity contribution in [3.05, 3.63) is 62.8 Å². The van der Waals surface area contributed by atoms with Gasteiger partial charge in [-0.2, -0.15) is 0 Å². The molecule has 0 aliphatic carbocycles. The Morgan fingerprint density at radius 2 is 1.90 bits per heavy atom. The molecule has 8 heteroatoms. The molecule has 3 rings (SSSR count). The number of hydrogen-bond acceptors (Lipinski definition) is 6. The summed E-state index contributed by atoms with van der Waals surface area (Å²) in [6.07, 6.45) is 0.767. The molecule has 0 unspecified atom stereocenters.